The second-order valence-electron chi connectivity index (χ2n) is 7.53. The van der Waals surface area contributed by atoms with Gasteiger partial charge in [0.2, 0.25) is 10.4 Å². The Labute approximate surface area is 214 Å². The van der Waals surface area contributed by atoms with Gasteiger partial charge in [-0.3, -0.25) is 4.18 Å². The molecule has 30 heavy (non-hydrogen) atoms. The van der Waals surface area contributed by atoms with E-state index in [1.54, 1.807) is 0 Å². The number of unbranched alkanes of at least 4 members (excludes halogenated alkanes) is 15. The van der Waals surface area contributed by atoms with Crippen LogP contribution in [0.2, 0.25) is 0 Å². The molecule has 0 aliphatic rings. The molecule has 0 spiro atoms. The average Bonchev–Trinajstić information content (AvgIpc) is 2.64. The van der Waals surface area contributed by atoms with Crippen LogP contribution in [-0.2, 0) is 19.4 Å². The van der Waals surface area contributed by atoms with Crippen LogP contribution in [0.5, 0.6) is 0 Å². The van der Waals surface area contributed by atoms with Gasteiger partial charge in [-0.1, -0.05) is 103 Å². The first kappa shape index (κ1) is 35.2. The number of carboxylic acids is 1. The Morgan fingerprint density at radius 3 is 1.30 bits per heavy atom. The van der Waals surface area contributed by atoms with Crippen molar-refractivity contribution in [1.29, 1.82) is 0 Å². The number of hydrogen-bond donors (Lipinski definition) is 1. The van der Waals surface area contributed by atoms with E-state index in [1.807, 2.05) is 0 Å². The Hall–Kier alpha value is 0.560. The first-order chi connectivity index (χ1) is 13.7. The van der Waals surface area contributed by atoms with Crippen molar-refractivity contribution >= 4 is 54.1 Å². The van der Waals surface area contributed by atoms with Gasteiger partial charge in [-0.25, -0.2) is 8.42 Å². The van der Waals surface area contributed by atoms with Gasteiger partial charge in [0.25, 0.3) is 0 Å². The van der Waals surface area contributed by atoms with Crippen molar-refractivity contribution in [2.24, 2.45) is 0 Å². The van der Waals surface area contributed by atoms with Gasteiger partial charge in [0, 0.05) is 0 Å². The Morgan fingerprint density at radius 1 is 0.800 bits per heavy atom. The van der Waals surface area contributed by atoms with Gasteiger partial charge in [0.15, 0.2) is 0 Å². The van der Waals surface area contributed by atoms with E-state index < -0.39 is 22.5 Å². The number of rotatable bonds is 19. The van der Waals surface area contributed by atoms with Crippen LogP contribution in [0, 0.1) is 0 Å². The molecule has 1 atom stereocenters. The minimum absolute atomic E-state index is 0. The number of aliphatic hydroxyl groups is 1. The maximum atomic E-state index is 10.2. The predicted octanol–water partition coefficient (Wildman–Crippen LogP) is 3.46. The summed E-state index contributed by atoms with van der Waals surface area (Å²) in [7, 11) is -4.49. The van der Waals surface area contributed by atoms with Gasteiger partial charge in [0.1, 0.15) is 0 Å². The Balaban J connectivity index is -0.000000905. The summed E-state index contributed by atoms with van der Waals surface area (Å²) in [6.45, 7) is 3.43. The smallest absolute Gasteiger partial charge is 0.726 e. The molecular weight excluding hydrogens is 436 g/mol. The largest absolute Gasteiger partial charge is 2.00 e. The third-order valence-corrected chi connectivity index (χ3v) is 5.02. The quantitative estimate of drug-likeness (QED) is 0.130. The van der Waals surface area contributed by atoms with Gasteiger partial charge in [-0.2, -0.15) is 0 Å². The number of carboxylic acid groups (broad SMARTS) is 1. The summed E-state index contributed by atoms with van der Waals surface area (Å²) in [5.41, 5.74) is 0. The molecule has 0 amide bonds. The summed E-state index contributed by atoms with van der Waals surface area (Å²) in [4.78, 5) is 9.34. The van der Waals surface area contributed by atoms with E-state index in [0.717, 1.165) is 19.8 Å². The third-order valence-electron chi connectivity index (χ3n) is 4.57. The van der Waals surface area contributed by atoms with Crippen molar-refractivity contribution in [2.75, 3.05) is 6.61 Å². The maximum absolute atomic E-state index is 10.2. The molecule has 0 aliphatic carbocycles. The maximum Gasteiger partial charge on any atom is 2.00 e. The predicted molar refractivity (Wildman–Crippen MR) is 118 cm³/mol. The zero-order valence-electron chi connectivity index (χ0n) is 19.1. The minimum atomic E-state index is -4.49. The molecule has 0 aromatic carbocycles. The SMILES string of the molecule is CC(O)C(=O)[O-].CCCCCCCCCCCCCCCCCCOS(=O)(=O)[O-].[Ca+2]. The normalized spacial score (nSPS) is 11.9. The molecule has 1 N–H and O–H groups in total. The Kier molecular flexibility index (Phi) is 30.3. The van der Waals surface area contributed by atoms with Crippen LogP contribution in [-0.4, -0.2) is 74.5 Å². The molecule has 0 rings (SSSR count). The van der Waals surface area contributed by atoms with E-state index in [0.29, 0.717) is 6.42 Å². The molecule has 1 unspecified atom stereocenters. The van der Waals surface area contributed by atoms with Gasteiger partial charge >= 0.3 is 37.7 Å². The van der Waals surface area contributed by atoms with E-state index in [2.05, 4.69) is 11.1 Å². The summed E-state index contributed by atoms with van der Waals surface area (Å²) in [6.07, 6.45) is 19.0. The molecule has 0 saturated carbocycles. The molecule has 176 valence electrons. The zero-order valence-corrected chi connectivity index (χ0v) is 22.1. The number of aliphatic carboxylic acids is 1. The topological polar surface area (TPSA) is 127 Å². The molecule has 0 aliphatic heterocycles. The molecule has 0 fully saturated rings. The molecule has 0 aromatic heterocycles. The molecule has 0 bridgehead atoms. The van der Waals surface area contributed by atoms with Gasteiger partial charge in [-0.05, 0) is 13.3 Å². The van der Waals surface area contributed by atoms with E-state index in [1.165, 1.54) is 83.5 Å². The van der Waals surface area contributed by atoms with Crippen molar-refractivity contribution in [3.8, 4) is 0 Å². The van der Waals surface area contributed by atoms with Gasteiger partial charge in [0.05, 0.1) is 18.7 Å². The van der Waals surface area contributed by atoms with Gasteiger partial charge in [-0.15, -0.1) is 0 Å². The molecular formula is C21H42CaO7S. The molecule has 9 heteroatoms. The van der Waals surface area contributed by atoms with Crippen molar-refractivity contribution < 1.29 is 32.2 Å². The summed E-state index contributed by atoms with van der Waals surface area (Å²) in [6, 6.07) is 0. The number of hydrogen-bond acceptors (Lipinski definition) is 7. The first-order valence-electron chi connectivity index (χ1n) is 11.2. The van der Waals surface area contributed by atoms with E-state index in [-0.39, 0.29) is 44.3 Å². The second-order valence-corrected chi connectivity index (χ2v) is 8.58. The Morgan fingerprint density at radius 2 is 1.07 bits per heavy atom. The van der Waals surface area contributed by atoms with Crippen LogP contribution in [0.25, 0.3) is 0 Å². The van der Waals surface area contributed by atoms with Crippen LogP contribution in [0.4, 0.5) is 0 Å². The third kappa shape index (κ3) is 36.0. The molecule has 0 heterocycles. The fourth-order valence-electron chi connectivity index (χ4n) is 2.81. The van der Waals surface area contributed by atoms with E-state index in [4.69, 9.17) is 5.11 Å². The number of carbonyl (C=O) groups excluding carboxylic acids is 1. The Bertz CT molecular complexity index is 456. The van der Waals surface area contributed by atoms with Crippen LogP contribution >= 0.6 is 0 Å². The molecule has 0 saturated heterocycles. The van der Waals surface area contributed by atoms with Crippen LogP contribution < -0.4 is 5.11 Å². The van der Waals surface area contributed by atoms with E-state index >= 15 is 0 Å². The molecule has 0 radical (unpaired) electrons. The van der Waals surface area contributed by atoms with Crippen LogP contribution in [0.3, 0.4) is 0 Å². The van der Waals surface area contributed by atoms with E-state index in [9.17, 15) is 22.9 Å². The van der Waals surface area contributed by atoms with Crippen molar-refractivity contribution in [3.05, 3.63) is 0 Å². The zero-order chi connectivity index (χ0) is 22.4. The fraction of sp³-hybridized carbons (Fsp3) is 0.952. The van der Waals surface area contributed by atoms with Crippen LogP contribution in [0.15, 0.2) is 0 Å². The second kappa shape index (κ2) is 25.8. The van der Waals surface area contributed by atoms with Crippen molar-refractivity contribution in [1.82, 2.24) is 0 Å². The number of aliphatic hydroxyl groups excluding tert-OH is 1. The minimum Gasteiger partial charge on any atom is -0.726 e. The summed E-state index contributed by atoms with van der Waals surface area (Å²) in [5.74, 6) is -1.44. The summed E-state index contributed by atoms with van der Waals surface area (Å²) in [5, 5.41) is 17.3. The first-order valence-corrected chi connectivity index (χ1v) is 12.5. The number of carbonyl (C=O) groups is 1. The standard InChI is InChI=1S/C18H38O4S.C3H6O3.Ca/c1-2-3-4-5-6-7-8-9-10-11-12-13-14-15-16-17-18-22-23(19,20)21;1-2(4)3(5)6;/h2-18H2,1H3,(H,19,20,21);2,4H,1H3,(H,5,6);/q;;+2/p-2. The van der Waals surface area contributed by atoms with Crippen molar-refractivity contribution in [3.63, 3.8) is 0 Å². The average molecular weight is 479 g/mol. The molecule has 7 nitrogen and oxygen atoms in total. The summed E-state index contributed by atoms with van der Waals surface area (Å²) >= 11 is 0. The van der Waals surface area contributed by atoms with Crippen molar-refractivity contribution in [2.45, 2.75) is 123 Å². The fourth-order valence-corrected chi connectivity index (χ4v) is 3.13. The van der Waals surface area contributed by atoms with Gasteiger partial charge < -0.3 is 19.6 Å². The summed E-state index contributed by atoms with van der Waals surface area (Å²) < 4.78 is 34.8. The molecule has 0 aromatic rings. The monoisotopic (exact) mass is 478 g/mol. The van der Waals surface area contributed by atoms with Crippen LogP contribution in [0.1, 0.15) is 117 Å².